The van der Waals surface area contributed by atoms with Crippen molar-refractivity contribution in [3.05, 3.63) is 29.3 Å². The van der Waals surface area contributed by atoms with Gasteiger partial charge in [-0.3, -0.25) is 4.57 Å². The van der Waals surface area contributed by atoms with Crippen LogP contribution in [0.4, 0.5) is 0 Å². The van der Waals surface area contributed by atoms with Gasteiger partial charge in [-0.25, -0.2) is 0 Å². The van der Waals surface area contributed by atoms with Gasteiger partial charge < -0.3 is 9.47 Å². The van der Waals surface area contributed by atoms with Crippen LogP contribution in [0.3, 0.4) is 0 Å². The average Bonchev–Trinajstić information content (AvgIpc) is 2.79. The molecule has 0 N–H and O–H groups in total. The Hall–Kier alpha value is -1.75. The molecular formula is C13H16ClN3O2. The Bertz CT molecular complexity index is 569. The predicted octanol–water partition coefficient (Wildman–Crippen LogP) is 2.89. The van der Waals surface area contributed by atoms with E-state index in [0.29, 0.717) is 16.8 Å². The van der Waals surface area contributed by atoms with Crippen LogP contribution in [0.5, 0.6) is 11.5 Å². The van der Waals surface area contributed by atoms with Crippen LogP contribution in [0.25, 0.3) is 5.69 Å². The first-order valence-electron chi connectivity index (χ1n) is 6.03. The molecule has 0 aliphatic rings. The molecule has 0 saturated carbocycles. The molecule has 1 aromatic heterocycles. The van der Waals surface area contributed by atoms with Gasteiger partial charge in [-0.15, -0.1) is 10.2 Å². The molecule has 5 nitrogen and oxygen atoms in total. The molecule has 19 heavy (non-hydrogen) atoms. The average molecular weight is 282 g/mol. The Morgan fingerprint density at radius 1 is 1.16 bits per heavy atom. The number of aryl methyl sites for hydroxylation is 1. The zero-order chi connectivity index (χ0) is 13.8. The maximum atomic E-state index is 6.10. The number of ether oxygens (including phenoxy) is 2. The quantitative estimate of drug-likeness (QED) is 0.845. The van der Waals surface area contributed by atoms with Crippen molar-refractivity contribution in [3.8, 4) is 17.2 Å². The normalized spacial score (nSPS) is 10.5. The number of hydrogen-bond acceptors (Lipinski definition) is 4. The SMILES string of the molecule is CCCc1nnc(Cl)n1-c1ccc(OC)c(OC)c1. The van der Waals surface area contributed by atoms with Crippen molar-refractivity contribution in [3.63, 3.8) is 0 Å². The van der Waals surface area contributed by atoms with E-state index in [4.69, 9.17) is 21.1 Å². The minimum atomic E-state index is 0.343. The molecule has 0 unspecified atom stereocenters. The van der Waals surface area contributed by atoms with Crippen molar-refractivity contribution in [2.75, 3.05) is 14.2 Å². The molecule has 1 aromatic carbocycles. The first kappa shape index (κ1) is 13.7. The molecule has 1 heterocycles. The molecule has 0 amide bonds. The molecule has 0 saturated heterocycles. The summed E-state index contributed by atoms with van der Waals surface area (Å²) in [7, 11) is 3.20. The third kappa shape index (κ3) is 2.66. The smallest absolute Gasteiger partial charge is 0.229 e. The van der Waals surface area contributed by atoms with Crippen molar-refractivity contribution < 1.29 is 9.47 Å². The Morgan fingerprint density at radius 2 is 1.89 bits per heavy atom. The second-order valence-electron chi connectivity index (χ2n) is 4.01. The predicted molar refractivity (Wildman–Crippen MR) is 73.5 cm³/mol. The van der Waals surface area contributed by atoms with E-state index in [0.717, 1.165) is 24.4 Å². The summed E-state index contributed by atoms with van der Waals surface area (Å²) in [5.74, 6) is 2.15. The Kier molecular flexibility index (Phi) is 4.27. The van der Waals surface area contributed by atoms with Gasteiger partial charge in [-0.1, -0.05) is 6.92 Å². The molecule has 0 bridgehead atoms. The fraction of sp³-hybridized carbons (Fsp3) is 0.385. The summed E-state index contributed by atoms with van der Waals surface area (Å²) in [6, 6.07) is 5.59. The summed E-state index contributed by atoms with van der Waals surface area (Å²) in [4.78, 5) is 0. The molecule has 2 aromatic rings. The van der Waals surface area contributed by atoms with Gasteiger partial charge in [-0.2, -0.15) is 0 Å². The minimum absolute atomic E-state index is 0.343. The number of methoxy groups -OCH3 is 2. The van der Waals surface area contributed by atoms with Crippen LogP contribution in [0.1, 0.15) is 19.2 Å². The second kappa shape index (κ2) is 5.93. The first-order chi connectivity index (χ1) is 9.21. The maximum absolute atomic E-state index is 6.10. The van der Waals surface area contributed by atoms with Gasteiger partial charge in [0.2, 0.25) is 5.28 Å². The summed E-state index contributed by atoms with van der Waals surface area (Å²) < 4.78 is 12.3. The lowest BCUT2D eigenvalue weighted by Gasteiger charge is -2.11. The molecule has 2 rings (SSSR count). The standard InChI is InChI=1S/C13H16ClN3O2/c1-4-5-12-15-16-13(14)17(12)9-6-7-10(18-2)11(8-9)19-3/h6-8H,4-5H2,1-3H3. The number of aromatic nitrogens is 3. The minimum Gasteiger partial charge on any atom is -0.493 e. The van der Waals surface area contributed by atoms with Crippen LogP contribution < -0.4 is 9.47 Å². The number of nitrogens with zero attached hydrogens (tertiary/aromatic N) is 3. The molecule has 6 heteroatoms. The molecule has 0 fully saturated rings. The summed E-state index contributed by atoms with van der Waals surface area (Å²) >= 11 is 6.10. The molecular weight excluding hydrogens is 266 g/mol. The molecule has 0 radical (unpaired) electrons. The zero-order valence-electron chi connectivity index (χ0n) is 11.2. The van der Waals surface area contributed by atoms with Gasteiger partial charge in [0.25, 0.3) is 0 Å². The molecule has 0 spiro atoms. The van der Waals surface area contributed by atoms with E-state index < -0.39 is 0 Å². The van der Waals surface area contributed by atoms with E-state index in [9.17, 15) is 0 Å². The van der Waals surface area contributed by atoms with Gasteiger partial charge in [-0.05, 0) is 30.2 Å². The number of halogens is 1. The van der Waals surface area contributed by atoms with E-state index in [1.807, 2.05) is 22.8 Å². The summed E-state index contributed by atoms with van der Waals surface area (Å²) in [5.41, 5.74) is 0.858. The largest absolute Gasteiger partial charge is 0.493 e. The monoisotopic (exact) mass is 281 g/mol. The highest BCUT2D eigenvalue weighted by atomic mass is 35.5. The molecule has 0 aliphatic carbocycles. The van der Waals surface area contributed by atoms with Crippen LogP contribution >= 0.6 is 11.6 Å². The van der Waals surface area contributed by atoms with Gasteiger partial charge in [0.15, 0.2) is 11.5 Å². The fourth-order valence-electron chi connectivity index (χ4n) is 1.90. The first-order valence-corrected chi connectivity index (χ1v) is 6.41. The van der Waals surface area contributed by atoms with Gasteiger partial charge in [0, 0.05) is 12.5 Å². The maximum Gasteiger partial charge on any atom is 0.229 e. The van der Waals surface area contributed by atoms with Crippen LogP contribution in [0, 0.1) is 0 Å². The van der Waals surface area contributed by atoms with Crippen LogP contribution in [-0.2, 0) is 6.42 Å². The second-order valence-corrected chi connectivity index (χ2v) is 4.35. The lowest BCUT2D eigenvalue weighted by Crippen LogP contribution is -2.02. The van der Waals surface area contributed by atoms with E-state index in [1.54, 1.807) is 14.2 Å². The van der Waals surface area contributed by atoms with Gasteiger partial charge in [0.05, 0.1) is 19.9 Å². The summed E-state index contributed by atoms with van der Waals surface area (Å²) in [5, 5.41) is 8.35. The van der Waals surface area contributed by atoms with Crippen LogP contribution in [-0.4, -0.2) is 29.0 Å². The van der Waals surface area contributed by atoms with Crippen LogP contribution in [0.15, 0.2) is 18.2 Å². The lowest BCUT2D eigenvalue weighted by molar-refractivity contribution is 0.355. The highest BCUT2D eigenvalue weighted by molar-refractivity contribution is 6.28. The third-order valence-corrected chi connectivity index (χ3v) is 3.03. The number of benzene rings is 1. The van der Waals surface area contributed by atoms with E-state index in [-0.39, 0.29) is 0 Å². The Labute approximate surface area is 117 Å². The lowest BCUT2D eigenvalue weighted by atomic mass is 10.2. The number of hydrogen-bond donors (Lipinski definition) is 0. The van der Waals surface area contributed by atoms with Crippen molar-refractivity contribution in [2.24, 2.45) is 0 Å². The van der Waals surface area contributed by atoms with Gasteiger partial charge in [0.1, 0.15) is 5.82 Å². The van der Waals surface area contributed by atoms with E-state index in [2.05, 4.69) is 17.1 Å². The van der Waals surface area contributed by atoms with Crippen molar-refractivity contribution in [2.45, 2.75) is 19.8 Å². The summed E-state index contributed by atoms with van der Waals surface area (Å²) in [6.07, 6.45) is 1.79. The van der Waals surface area contributed by atoms with Crippen molar-refractivity contribution in [1.29, 1.82) is 0 Å². The topological polar surface area (TPSA) is 49.2 Å². The third-order valence-electron chi connectivity index (χ3n) is 2.79. The van der Waals surface area contributed by atoms with E-state index in [1.165, 1.54) is 0 Å². The van der Waals surface area contributed by atoms with Crippen molar-refractivity contribution >= 4 is 11.6 Å². The highest BCUT2D eigenvalue weighted by Crippen LogP contribution is 2.30. The molecule has 102 valence electrons. The number of rotatable bonds is 5. The van der Waals surface area contributed by atoms with Crippen molar-refractivity contribution in [1.82, 2.24) is 14.8 Å². The molecule has 0 atom stereocenters. The summed E-state index contributed by atoms with van der Waals surface area (Å²) in [6.45, 7) is 2.08. The van der Waals surface area contributed by atoms with E-state index >= 15 is 0 Å². The highest BCUT2D eigenvalue weighted by Gasteiger charge is 2.13. The zero-order valence-corrected chi connectivity index (χ0v) is 11.9. The van der Waals surface area contributed by atoms with Crippen LogP contribution in [0.2, 0.25) is 5.28 Å². The van der Waals surface area contributed by atoms with Gasteiger partial charge >= 0.3 is 0 Å². The fourth-order valence-corrected chi connectivity index (χ4v) is 2.13. The Morgan fingerprint density at radius 3 is 2.53 bits per heavy atom. The Balaban J connectivity index is 2.49. The molecule has 0 aliphatic heterocycles.